The van der Waals surface area contributed by atoms with E-state index in [1.165, 1.54) is 18.2 Å². The lowest BCUT2D eigenvalue weighted by Crippen LogP contribution is -2.22. The van der Waals surface area contributed by atoms with Gasteiger partial charge in [0.1, 0.15) is 11.9 Å². The third-order valence-electron chi connectivity index (χ3n) is 2.77. The Bertz CT molecular complexity index is 476. The first-order valence-electron chi connectivity index (χ1n) is 5.47. The highest BCUT2D eigenvalue weighted by Gasteiger charge is 2.50. The van der Waals surface area contributed by atoms with Gasteiger partial charge in [-0.2, -0.15) is 8.78 Å². The largest absolute Gasteiger partial charge is 0.456 e. The van der Waals surface area contributed by atoms with Crippen molar-refractivity contribution >= 4 is 11.7 Å². The minimum absolute atomic E-state index is 0.0772. The summed E-state index contributed by atoms with van der Waals surface area (Å²) >= 11 is 0. The summed E-state index contributed by atoms with van der Waals surface area (Å²) < 4.78 is 43.2. The van der Waals surface area contributed by atoms with Crippen LogP contribution in [0.2, 0.25) is 0 Å². The molecule has 18 heavy (non-hydrogen) atoms. The molecule has 0 saturated carbocycles. The van der Waals surface area contributed by atoms with Crippen LogP contribution < -0.4 is 5.32 Å². The number of benzene rings is 1. The lowest BCUT2D eigenvalue weighted by Gasteiger charge is -2.13. The number of hydrogen-bond acceptors (Lipinski definition) is 3. The zero-order valence-electron chi connectivity index (χ0n) is 9.67. The Morgan fingerprint density at radius 3 is 2.78 bits per heavy atom. The minimum atomic E-state index is -3.40. The maximum Gasteiger partial charge on any atom is 0.377 e. The monoisotopic (exact) mass is 259 g/mol. The number of aryl methyl sites for hydroxylation is 1. The van der Waals surface area contributed by atoms with Crippen molar-refractivity contribution in [2.75, 3.05) is 11.9 Å². The zero-order chi connectivity index (χ0) is 13.3. The normalized spacial score (nSPS) is 21.8. The Balaban J connectivity index is 1.95. The van der Waals surface area contributed by atoms with Crippen molar-refractivity contribution in [1.29, 1.82) is 0 Å². The van der Waals surface area contributed by atoms with Crippen molar-refractivity contribution in [1.82, 2.24) is 0 Å². The van der Waals surface area contributed by atoms with E-state index in [0.29, 0.717) is 11.3 Å². The molecule has 0 bridgehead atoms. The van der Waals surface area contributed by atoms with Crippen molar-refractivity contribution in [2.24, 2.45) is 0 Å². The minimum Gasteiger partial charge on any atom is -0.456 e. The van der Waals surface area contributed by atoms with Gasteiger partial charge in [-0.25, -0.2) is 9.18 Å². The number of ether oxygens (including phenoxy) is 1. The van der Waals surface area contributed by atoms with Gasteiger partial charge in [-0.15, -0.1) is 0 Å². The standard InChI is InChI=1S/C12H12F3NO2/c1-7-4-8(13)2-3-10(7)16-6-9-5-12(14,15)11(17)18-9/h2-4,9,16H,5-6H2,1H3. The second kappa shape index (κ2) is 4.51. The molecule has 1 fully saturated rings. The van der Waals surface area contributed by atoms with Crippen LogP contribution in [0, 0.1) is 12.7 Å². The first kappa shape index (κ1) is 12.7. The van der Waals surface area contributed by atoms with Gasteiger partial charge in [0.05, 0.1) is 13.0 Å². The second-order valence-electron chi connectivity index (χ2n) is 4.28. The summed E-state index contributed by atoms with van der Waals surface area (Å²) in [5, 5.41) is 2.86. The topological polar surface area (TPSA) is 38.3 Å². The molecule has 1 saturated heterocycles. The van der Waals surface area contributed by atoms with Gasteiger partial charge in [-0.3, -0.25) is 0 Å². The second-order valence-corrected chi connectivity index (χ2v) is 4.28. The van der Waals surface area contributed by atoms with E-state index in [1.54, 1.807) is 6.92 Å². The third kappa shape index (κ3) is 2.57. The lowest BCUT2D eigenvalue weighted by molar-refractivity contribution is -0.158. The fourth-order valence-corrected chi connectivity index (χ4v) is 1.81. The molecule has 1 heterocycles. The van der Waals surface area contributed by atoms with Gasteiger partial charge in [0.2, 0.25) is 0 Å². The van der Waals surface area contributed by atoms with E-state index >= 15 is 0 Å². The maximum atomic E-state index is 12.9. The first-order chi connectivity index (χ1) is 8.38. The van der Waals surface area contributed by atoms with E-state index in [1.807, 2.05) is 0 Å². The van der Waals surface area contributed by atoms with Crippen LogP contribution >= 0.6 is 0 Å². The van der Waals surface area contributed by atoms with Gasteiger partial charge in [0.15, 0.2) is 0 Å². The van der Waals surface area contributed by atoms with Crippen LogP contribution in [0.4, 0.5) is 18.9 Å². The number of hydrogen-bond donors (Lipinski definition) is 1. The molecule has 0 aromatic heterocycles. The predicted molar refractivity (Wildman–Crippen MR) is 59.1 cm³/mol. The molecule has 1 aliphatic rings. The molecule has 0 radical (unpaired) electrons. The molecule has 2 rings (SSSR count). The van der Waals surface area contributed by atoms with Crippen LogP contribution in [0.1, 0.15) is 12.0 Å². The molecule has 1 N–H and O–H groups in total. The summed E-state index contributed by atoms with van der Waals surface area (Å²) in [7, 11) is 0. The van der Waals surface area contributed by atoms with Crippen molar-refractivity contribution in [3.05, 3.63) is 29.6 Å². The average molecular weight is 259 g/mol. The summed E-state index contributed by atoms with van der Waals surface area (Å²) in [5.41, 5.74) is 1.29. The molecule has 1 aliphatic heterocycles. The summed E-state index contributed by atoms with van der Waals surface area (Å²) in [5.74, 6) is -5.24. The molecule has 1 atom stereocenters. The van der Waals surface area contributed by atoms with Crippen molar-refractivity contribution in [3.8, 4) is 0 Å². The Hall–Kier alpha value is -1.72. The number of rotatable bonds is 3. The molecule has 3 nitrogen and oxygen atoms in total. The summed E-state index contributed by atoms with van der Waals surface area (Å²) in [6, 6.07) is 4.11. The quantitative estimate of drug-likeness (QED) is 0.847. The van der Waals surface area contributed by atoms with Crippen LogP contribution in [0.25, 0.3) is 0 Å². The molecule has 1 aromatic carbocycles. The summed E-state index contributed by atoms with van der Waals surface area (Å²) in [6.07, 6.45) is -1.49. The highest BCUT2D eigenvalue weighted by Crippen LogP contribution is 2.31. The van der Waals surface area contributed by atoms with E-state index in [0.717, 1.165) is 0 Å². The van der Waals surface area contributed by atoms with Gasteiger partial charge in [-0.05, 0) is 30.7 Å². The van der Waals surface area contributed by atoms with Crippen molar-refractivity contribution in [3.63, 3.8) is 0 Å². The molecular weight excluding hydrogens is 247 g/mol. The number of esters is 1. The molecule has 6 heteroatoms. The average Bonchev–Trinajstić information content (AvgIpc) is 2.51. The van der Waals surface area contributed by atoms with Crippen LogP contribution in [0.3, 0.4) is 0 Å². The van der Waals surface area contributed by atoms with Gasteiger partial charge in [0.25, 0.3) is 0 Å². The highest BCUT2D eigenvalue weighted by molar-refractivity contribution is 5.79. The summed E-state index contributed by atoms with van der Waals surface area (Å²) in [6.45, 7) is 1.77. The molecule has 0 amide bonds. The Kier molecular flexibility index (Phi) is 3.19. The zero-order valence-corrected chi connectivity index (χ0v) is 9.67. The number of nitrogens with one attached hydrogen (secondary N) is 1. The Morgan fingerprint density at radius 1 is 1.50 bits per heavy atom. The van der Waals surface area contributed by atoms with Crippen LogP contribution in [0.5, 0.6) is 0 Å². The lowest BCUT2D eigenvalue weighted by atomic mass is 10.1. The van der Waals surface area contributed by atoms with Crippen molar-refractivity contribution < 1.29 is 22.7 Å². The Morgan fingerprint density at radius 2 is 2.22 bits per heavy atom. The number of anilines is 1. The number of halogens is 3. The number of alkyl halides is 2. The van der Waals surface area contributed by atoms with Gasteiger partial charge in [-0.1, -0.05) is 0 Å². The maximum absolute atomic E-state index is 12.9. The molecule has 1 unspecified atom stereocenters. The fraction of sp³-hybridized carbons (Fsp3) is 0.417. The first-order valence-corrected chi connectivity index (χ1v) is 5.47. The van der Waals surface area contributed by atoms with E-state index in [2.05, 4.69) is 10.1 Å². The van der Waals surface area contributed by atoms with Crippen LogP contribution in [-0.2, 0) is 9.53 Å². The van der Waals surface area contributed by atoms with E-state index in [9.17, 15) is 18.0 Å². The molecular formula is C12H12F3NO2. The van der Waals surface area contributed by atoms with E-state index < -0.39 is 24.4 Å². The predicted octanol–water partition coefficient (Wildman–Crippen LogP) is 2.50. The van der Waals surface area contributed by atoms with Crippen LogP contribution in [0.15, 0.2) is 18.2 Å². The molecule has 1 aromatic rings. The van der Waals surface area contributed by atoms with Crippen molar-refractivity contribution in [2.45, 2.75) is 25.4 Å². The van der Waals surface area contributed by atoms with Gasteiger partial charge in [0, 0.05) is 5.69 Å². The molecule has 98 valence electrons. The van der Waals surface area contributed by atoms with Gasteiger partial charge >= 0.3 is 11.9 Å². The molecule has 0 aliphatic carbocycles. The SMILES string of the molecule is Cc1cc(F)ccc1NCC1CC(F)(F)C(=O)O1. The van der Waals surface area contributed by atoms with Crippen LogP contribution in [-0.4, -0.2) is 24.5 Å². The molecule has 0 spiro atoms. The fourth-order valence-electron chi connectivity index (χ4n) is 1.81. The third-order valence-corrected chi connectivity index (χ3v) is 2.77. The number of cyclic esters (lactones) is 1. The van der Waals surface area contributed by atoms with E-state index in [-0.39, 0.29) is 12.4 Å². The number of carbonyl (C=O) groups excluding carboxylic acids is 1. The Labute approximate surface area is 102 Å². The smallest absolute Gasteiger partial charge is 0.377 e. The number of carbonyl (C=O) groups is 1. The van der Waals surface area contributed by atoms with Gasteiger partial charge < -0.3 is 10.1 Å². The highest BCUT2D eigenvalue weighted by atomic mass is 19.3. The van der Waals surface area contributed by atoms with E-state index in [4.69, 9.17) is 0 Å². The summed E-state index contributed by atoms with van der Waals surface area (Å²) in [4.78, 5) is 10.8.